The molecule has 156 valence electrons. The molecule has 0 aliphatic carbocycles. The summed E-state index contributed by atoms with van der Waals surface area (Å²) >= 11 is 0. The van der Waals surface area contributed by atoms with Crippen molar-refractivity contribution in [3.63, 3.8) is 0 Å². The van der Waals surface area contributed by atoms with Crippen molar-refractivity contribution in [2.75, 3.05) is 26.1 Å². The summed E-state index contributed by atoms with van der Waals surface area (Å²) in [4.78, 5) is 24.3. The minimum absolute atomic E-state index is 0.192. The van der Waals surface area contributed by atoms with Gasteiger partial charge in [-0.1, -0.05) is 38.1 Å². The Morgan fingerprint density at radius 1 is 1.10 bits per heavy atom. The van der Waals surface area contributed by atoms with Crippen LogP contribution in [-0.4, -0.2) is 32.7 Å². The normalized spacial score (nSPS) is 10.9. The predicted molar refractivity (Wildman–Crippen MR) is 113 cm³/mol. The number of ether oxygens (including phenoxy) is 3. The highest BCUT2D eigenvalue weighted by Crippen LogP contribution is 2.28. The number of methoxy groups -OCH3 is 2. The van der Waals surface area contributed by atoms with Crippen LogP contribution in [0.15, 0.2) is 48.0 Å². The molecule has 0 radical (unpaired) electrons. The van der Waals surface area contributed by atoms with Crippen LogP contribution in [0.2, 0.25) is 0 Å². The number of nitrogens with zero attached hydrogens (tertiary/aromatic N) is 1. The number of benzene rings is 2. The van der Waals surface area contributed by atoms with Crippen molar-refractivity contribution in [2.24, 2.45) is 0 Å². The lowest BCUT2D eigenvalue weighted by molar-refractivity contribution is -0.142. The number of rotatable bonds is 8. The van der Waals surface area contributed by atoms with Crippen molar-refractivity contribution in [3.8, 4) is 17.6 Å². The first kappa shape index (κ1) is 22.5. The molecule has 0 spiro atoms. The second-order valence-electron chi connectivity index (χ2n) is 6.68. The van der Waals surface area contributed by atoms with Gasteiger partial charge in [-0.3, -0.25) is 4.79 Å². The molecule has 0 fully saturated rings. The van der Waals surface area contributed by atoms with Gasteiger partial charge in [-0.05, 0) is 35.3 Å². The molecule has 1 amide bonds. The number of hydrogen-bond acceptors (Lipinski definition) is 6. The number of carbonyl (C=O) groups excluding carboxylic acids is 2. The van der Waals surface area contributed by atoms with Crippen LogP contribution < -0.4 is 14.8 Å². The molecular weight excluding hydrogens is 384 g/mol. The van der Waals surface area contributed by atoms with E-state index in [1.54, 1.807) is 18.2 Å². The number of esters is 1. The van der Waals surface area contributed by atoms with E-state index >= 15 is 0 Å². The quantitative estimate of drug-likeness (QED) is 0.404. The van der Waals surface area contributed by atoms with Crippen molar-refractivity contribution in [1.29, 1.82) is 5.26 Å². The van der Waals surface area contributed by atoms with E-state index in [9.17, 15) is 14.9 Å². The van der Waals surface area contributed by atoms with E-state index in [1.807, 2.05) is 30.3 Å². The number of carbonyl (C=O) groups is 2. The highest BCUT2D eigenvalue weighted by Gasteiger charge is 2.15. The first-order chi connectivity index (χ1) is 14.4. The van der Waals surface area contributed by atoms with Gasteiger partial charge in [0.2, 0.25) is 0 Å². The van der Waals surface area contributed by atoms with E-state index in [-0.39, 0.29) is 5.57 Å². The maximum Gasteiger partial charge on any atom is 0.349 e. The lowest BCUT2D eigenvalue weighted by Gasteiger charge is -2.11. The lowest BCUT2D eigenvalue weighted by atomic mass is 10.0. The lowest BCUT2D eigenvalue weighted by Crippen LogP contribution is -2.21. The van der Waals surface area contributed by atoms with Crippen LogP contribution in [0, 0.1) is 11.3 Å². The second kappa shape index (κ2) is 10.7. The Kier molecular flexibility index (Phi) is 8.00. The minimum atomic E-state index is -0.873. The highest BCUT2D eigenvalue weighted by molar-refractivity contribution is 6.00. The summed E-state index contributed by atoms with van der Waals surface area (Å²) in [6.07, 6.45) is 1.43. The number of amides is 1. The molecule has 0 aliphatic rings. The third-order valence-electron chi connectivity index (χ3n) is 4.27. The van der Waals surface area contributed by atoms with Crippen molar-refractivity contribution in [2.45, 2.75) is 19.8 Å². The fraction of sp³-hybridized carbons (Fsp3) is 0.261. The zero-order valence-corrected chi connectivity index (χ0v) is 17.4. The third-order valence-corrected chi connectivity index (χ3v) is 4.27. The fourth-order valence-corrected chi connectivity index (χ4v) is 2.58. The molecule has 0 aliphatic heterocycles. The number of nitrogens with one attached hydrogen (secondary N) is 1. The predicted octanol–water partition coefficient (Wildman–Crippen LogP) is 3.92. The molecule has 7 heteroatoms. The molecule has 2 aromatic rings. The minimum Gasteiger partial charge on any atom is -0.497 e. The van der Waals surface area contributed by atoms with Crippen LogP contribution in [0.4, 0.5) is 5.69 Å². The van der Waals surface area contributed by atoms with Gasteiger partial charge in [0.1, 0.15) is 23.1 Å². The summed E-state index contributed by atoms with van der Waals surface area (Å²) in [5, 5.41) is 11.9. The molecule has 0 atom stereocenters. The van der Waals surface area contributed by atoms with Crippen LogP contribution in [-0.2, 0) is 14.3 Å². The summed E-state index contributed by atoms with van der Waals surface area (Å²) in [5.74, 6) is -0.0862. The van der Waals surface area contributed by atoms with Gasteiger partial charge in [-0.2, -0.15) is 5.26 Å². The van der Waals surface area contributed by atoms with E-state index in [0.29, 0.717) is 28.7 Å². The second-order valence-corrected chi connectivity index (χ2v) is 6.68. The smallest absolute Gasteiger partial charge is 0.349 e. The molecule has 0 bridgehead atoms. The number of nitriles is 1. The van der Waals surface area contributed by atoms with Gasteiger partial charge in [0.15, 0.2) is 6.61 Å². The summed E-state index contributed by atoms with van der Waals surface area (Å²) in [6, 6.07) is 14.2. The molecule has 0 saturated carbocycles. The topological polar surface area (TPSA) is 97.6 Å². The standard InChI is InChI=1S/C23H24N2O5/c1-15(2)17-7-5-16(6-8-17)11-18(13-24)23(27)30-14-22(26)25-20-10-9-19(28-3)12-21(20)29-4/h5-12,15H,14H2,1-4H3,(H,25,26)/b18-11+. The van der Waals surface area contributed by atoms with E-state index in [2.05, 4.69) is 19.2 Å². The van der Waals surface area contributed by atoms with Crippen molar-refractivity contribution in [3.05, 3.63) is 59.2 Å². The Morgan fingerprint density at radius 2 is 1.80 bits per heavy atom. The summed E-state index contributed by atoms with van der Waals surface area (Å²) in [7, 11) is 2.98. The summed E-state index contributed by atoms with van der Waals surface area (Å²) in [6.45, 7) is 3.62. The average Bonchev–Trinajstić information content (AvgIpc) is 2.76. The number of anilines is 1. The van der Waals surface area contributed by atoms with Gasteiger partial charge in [0.25, 0.3) is 5.91 Å². The van der Waals surface area contributed by atoms with Gasteiger partial charge in [-0.25, -0.2) is 4.79 Å². The third kappa shape index (κ3) is 6.11. The van der Waals surface area contributed by atoms with Crippen molar-refractivity contribution >= 4 is 23.6 Å². The van der Waals surface area contributed by atoms with Gasteiger partial charge < -0.3 is 19.5 Å². The van der Waals surface area contributed by atoms with Crippen LogP contribution in [0.25, 0.3) is 6.08 Å². The van der Waals surface area contributed by atoms with Crippen molar-refractivity contribution in [1.82, 2.24) is 0 Å². The van der Waals surface area contributed by atoms with Gasteiger partial charge in [-0.15, -0.1) is 0 Å². The maximum absolute atomic E-state index is 12.2. The fourth-order valence-electron chi connectivity index (χ4n) is 2.58. The SMILES string of the molecule is COc1ccc(NC(=O)COC(=O)/C(C#N)=C/c2ccc(C(C)C)cc2)c(OC)c1. The van der Waals surface area contributed by atoms with Gasteiger partial charge >= 0.3 is 5.97 Å². The monoisotopic (exact) mass is 408 g/mol. The molecule has 0 heterocycles. The molecule has 0 saturated heterocycles. The molecule has 0 aromatic heterocycles. The molecule has 30 heavy (non-hydrogen) atoms. The van der Waals surface area contributed by atoms with E-state index in [4.69, 9.17) is 14.2 Å². The van der Waals surface area contributed by atoms with Gasteiger partial charge in [0, 0.05) is 6.07 Å². The molecular formula is C23H24N2O5. The summed E-state index contributed by atoms with van der Waals surface area (Å²) < 4.78 is 15.3. The van der Waals surface area contributed by atoms with E-state index < -0.39 is 18.5 Å². The Bertz CT molecular complexity index is 972. The molecule has 0 unspecified atom stereocenters. The van der Waals surface area contributed by atoms with Crippen LogP contribution in [0.3, 0.4) is 0 Å². The van der Waals surface area contributed by atoms with Gasteiger partial charge in [0.05, 0.1) is 19.9 Å². The largest absolute Gasteiger partial charge is 0.497 e. The molecule has 7 nitrogen and oxygen atoms in total. The Hall–Kier alpha value is -3.79. The van der Waals surface area contributed by atoms with Crippen molar-refractivity contribution < 1.29 is 23.8 Å². The summed E-state index contributed by atoms with van der Waals surface area (Å²) in [5.41, 5.74) is 2.06. The van der Waals surface area contributed by atoms with Crippen LogP contribution >= 0.6 is 0 Å². The first-order valence-electron chi connectivity index (χ1n) is 9.28. The zero-order valence-electron chi connectivity index (χ0n) is 17.4. The number of hydrogen-bond donors (Lipinski definition) is 1. The Morgan fingerprint density at radius 3 is 2.37 bits per heavy atom. The average molecular weight is 408 g/mol. The van der Waals surface area contributed by atoms with Crippen LogP contribution in [0.1, 0.15) is 30.9 Å². The zero-order chi connectivity index (χ0) is 22.1. The molecule has 2 rings (SSSR count). The highest BCUT2D eigenvalue weighted by atomic mass is 16.5. The molecule has 1 N–H and O–H groups in total. The Balaban J connectivity index is 1.99. The first-order valence-corrected chi connectivity index (χ1v) is 9.28. The van der Waals surface area contributed by atoms with E-state index in [1.165, 1.54) is 20.3 Å². The maximum atomic E-state index is 12.2. The van der Waals surface area contributed by atoms with Crippen LogP contribution in [0.5, 0.6) is 11.5 Å². The van der Waals surface area contributed by atoms with E-state index in [0.717, 1.165) is 5.56 Å². The Labute approximate surface area is 175 Å². The molecule has 2 aromatic carbocycles.